The van der Waals surface area contributed by atoms with Crippen molar-refractivity contribution in [1.82, 2.24) is 5.32 Å². The molecule has 128 valence electrons. The average Bonchev–Trinajstić information content (AvgIpc) is 2.60. The normalized spacial score (nSPS) is 10.2. The van der Waals surface area contributed by atoms with Gasteiger partial charge < -0.3 is 19.5 Å². The van der Waals surface area contributed by atoms with Crippen molar-refractivity contribution in [3.63, 3.8) is 0 Å². The summed E-state index contributed by atoms with van der Waals surface area (Å²) in [6, 6.07) is 10.6. The van der Waals surface area contributed by atoms with Gasteiger partial charge in [0, 0.05) is 5.02 Å². The first kappa shape index (κ1) is 17.9. The summed E-state index contributed by atoms with van der Waals surface area (Å²) in [5, 5.41) is 3.49. The first-order valence-corrected chi connectivity index (χ1v) is 7.82. The van der Waals surface area contributed by atoms with Gasteiger partial charge >= 0.3 is 0 Å². The van der Waals surface area contributed by atoms with E-state index in [1.165, 1.54) is 14.2 Å². The summed E-state index contributed by atoms with van der Waals surface area (Å²) in [6.07, 6.45) is 0. The molecule has 0 aromatic heterocycles. The van der Waals surface area contributed by atoms with Crippen LogP contribution in [-0.4, -0.2) is 33.3 Å². The molecular weight excluding hydrogens is 330 g/mol. The number of carbonyl (C=O) groups excluding carboxylic acids is 1. The van der Waals surface area contributed by atoms with E-state index in [2.05, 4.69) is 5.32 Å². The molecule has 0 aliphatic carbocycles. The third kappa shape index (κ3) is 4.32. The Morgan fingerprint density at radius 2 is 1.79 bits per heavy atom. The fourth-order valence-corrected chi connectivity index (χ4v) is 2.32. The Balaban J connectivity index is 1.93. The fourth-order valence-electron chi connectivity index (χ4n) is 2.20. The molecule has 0 spiro atoms. The standard InChI is InChI=1S/C18H20ClNO4/c1-12-11-13(7-8-14(12)19)24-10-9-20-18(21)17-15(22-2)5-4-6-16(17)23-3/h4-8,11H,9-10H2,1-3H3,(H,20,21). The van der Waals surface area contributed by atoms with Crippen LogP contribution in [0, 0.1) is 6.92 Å². The minimum Gasteiger partial charge on any atom is -0.496 e. The molecule has 24 heavy (non-hydrogen) atoms. The number of nitrogens with one attached hydrogen (secondary N) is 1. The molecule has 1 amide bonds. The van der Waals surface area contributed by atoms with Gasteiger partial charge in [-0.2, -0.15) is 0 Å². The average molecular weight is 350 g/mol. The number of aryl methyl sites for hydroxylation is 1. The fraction of sp³-hybridized carbons (Fsp3) is 0.278. The van der Waals surface area contributed by atoms with Gasteiger partial charge in [0.05, 0.1) is 20.8 Å². The van der Waals surface area contributed by atoms with Crippen LogP contribution in [0.5, 0.6) is 17.2 Å². The molecule has 0 saturated carbocycles. The maximum atomic E-state index is 12.4. The molecule has 0 heterocycles. The van der Waals surface area contributed by atoms with Gasteiger partial charge in [-0.05, 0) is 42.8 Å². The van der Waals surface area contributed by atoms with Gasteiger partial charge in [-0.1, -0.05) is 17.7 Å². The second-order valence-corrected chi connectivity index (χ2v) is 5.46. The Kier molecular flexibility index (Phi) is 6.32. The molecule has 0 aliphatic heterocycles. The van der Waals surface area contributed by atoms with Crippen molar-refractivity contribution in [3.8, 4) is 17.2 Å². The number of rotatable bonds is 7. The van der Waals surface area contributed by atoms with Crippen molar-refractivity contribution in [2.45, 2.75) is 6.92 Å². The van der Waals surface area contributed by atoms with Crippen LogP contribution in [0.15, 0.2) is 36.4 Å². The van der Waals surface area contributed by atoms with Crippen LogP contribution in [0.4, 0.5) is 0 Å². The van der Waals surface area contributed by atoms with Crippen molar-refractivity contribution >= 4 is 17.5 Å². The van der Waals surface area contributed by atoms with Crippen molar-refractivity contribution in [2.75, 3.05) is 27.4 Å². The monoisotopic (exact) mass is 349 g/mol. The van der Waals surface area contributed by atoms with E-state index in [-0.39, 0.29) is 5.91 Å². The highest BCUT2D eigenvalue weighted by atomic mass is 35.5. The van der Waals surface area contributed by atoms with Crippen LogP contribution >= 0.6 is 11.6 Å². The molecule has 1 N–H and O–H groups in total. The third-order valence-electron chi connectivity index (χ3n) is 3.44. The maximum absolute atomic E-state index is 12.4. The molecule has 0 fully saturated rings. The largest absolute Gasteiger partial charge is 0.496 e. The summed E-state index contributed by atoms with van der Waals surface area (Å²) in [6.45, 7) is 2.59. The number of benzene rings is 2. The van der Waals surface area contributed by atoms with Crippen LogP contribution in [0.2, 0.25) is 5.02 Å². The summed E-state index contributed by atoms with van der Waals surface area (Å²) in [4.78, 5) is 12.4. The predicted octanol–water partition coefficient (Wildman–Crippen LogP) is 3.47. The minimum absolute atomic E-state index is 0.278. The van der Waals surface area contributed by atoms with Crippen LogP contribution in [0.1, 0.15) is 15.9 Å². The van der Waals surface area contributed by atoms with Gasteiger partial charge in [-0.15, -0.1) is 0 Å². The third-order valence-corrected chi connectivity index (χ3v) is 3.86. The second-order valence-electron chi connectivity index (χ2n) is 5.05. The van der Waals surface area contributed by atoms with E-state index >= 15 is 0 Å². The van der Waals surface area contributed by atoms with E-state index in [1.807, 2.05) is 13.0 Å². The van der Waals surface area contributed by atoms with E-state index in [9.17, 15) is 4.79 Å². The molecule has 0 atom stereocenters. The summed E-state index contributed by atoms with van der Waals surface area (Å²) in [7, 11) is 3.02. The molecule has 0 saturated heterocycles. The summed E-state index contributed by atoms with van der Waals surface area (Å²) in [5.41, 5.74) is 1.31. The summed E-state index contributed by atoms with van der Waals surface area (Å²) >= 11 is 5.97. The zero-order valence-corrected chi connectivity index (χ0v) is 14.6. The molecule has 2 rings (SSSR count). The molecule has 0 radical (unpaired) electrons. The lowest BCUT2D eigenvalue weighted by molar-refractivity contribution is 0.0940. The molecule has 6 heteroatoms. The predicted molar refractivity (Wildman–Crippen MR) is 93.6 cm³/mol. The molecule has 2 aromatic carbocycles. The van der Waals surface area contributed by atoms with Crippen LogP contribution in [0.3, 0.4) is 0 Å². The minimum atomic E-state index is -0.278. The first-order valence-electron chi connectivity index (χ1n) is 7.45. The second kappa shape index (κ2) is 8.45. The SMILES string of the molecule is COc1cccc(OC)c1C(=O)NCCOc1ccc(Cl)c(C)c1. The highest BCUT2D eigenvalue weighted by Gasteiger charge is 2.17. The van der Waals surface area contributed by atoms with Gasteiger partial charge in [0.25, 0.3) is 5.91 Å². The highest BCUT2D eigenvalue weighted by molar-refractivity contribution is 6.31. The van der Waals surface area contributed by atoms with Crippen molar-refractivity contribution in [3.05, 3.63) is 52.5 Å². The van der Waals surface area contributed by atoms with Crippen molar-refractivity contribution in [2.24, 2.45) is 0 Å². The summed E-state index contributed by atoms with van der Waals surface area (Å²) in [5.74, 6) is 1.35. The Morgan fingerprint density at radius 3 is 2.38 bits per heavy atom. The molecule has 0 unspecified atom stereocenters. The van der Waals surface area contributed by atoms with Crippen LogP contribution in [-0.2, 0) is 0 Å². The van der Waals surface area contributed by atoms with Gasteiger partial charge in [-0.3, -0.25) is 4.79 Å². The maximum Gasteiger partial charge on any atom is 0.258 e. The zero-order valence-electron chi connectivity index (χ0n) is 13.9. The highest BCUT2D eigenvalue weighted by Crippen LogP contribution is 2.27. The summed E-state index contributed by atoms with van der Waals surface area (Å²) < 4.78 is 16.1. The lowest BCUT2D eigenvalue weighted by Crippen LogP contribution is -2.28. The Hall–Kier alpha value is -2.40. The van der Waals surface area contributed by atoms with E-state index in [0.717, 1.165) is 5.56 Å². The smallest absolute Gasteiger partial charge is 0.258 e. The zero-order chi connectivity index (χ0) is 17.5. The van der Waals surface area contributed by atoms with Crippen molar-refractivity contribution < 1.29 is 19.0 Å². The van der Waals surface area contributed by atoms with Gasteiger partial charge in [-0.25, -0.2) is 0 Å². The number of halogens is 1. The number of hydrogen-bond donors (Lipinski definition) is 1. The van der Waals surface area contributed by atoms with Crippen LogP contribution in [0.25, 0.3) is 0 Å². The Morgan fingerprint density at radius 1 is 1.12 bits per heavy atom. The molecule has 0 bridgehead atoms. The Labute approximate surface area is 146 Å². The Bertz CT molecular complexity index is 696. The molecular formula is C18H20ClNO4. The molecule has 2 aromatic rings. The lowest BCUT2D eigenvalue weighted by atomic mass is 10.1. The quantitative estimate of drug-likeness (QED) is 0.777. The number of ether oxygens (including phenoxy) is 3. The van der Waals surface area contributed by atoms with Crippen LogP contribution < -0.4 is 19.5 Å². The number of carbonyl (C=O) groups is 1. The van der Waals surface area contributed by atoms with E-state index in [4.69, 9.17) is 25.8 Å². The molecule has 5 nitrogen and oxygen atoms in total. The van der Waals surface area contributed by atoms with Gasteiger partial charge in [0.2, 0.25) is 0 Å². The van der Waals surface area contributed by atoms with Gasteiger partial charge in [0.15, 0.2) is 0 Å². The number of hydrogen-bond acceptors (Lipinski definition) is 4. The van der Waals surface area contributed by atoms with E-state index < -0.39 is 0 Å². The topological polar surface area (TPSA) is 56.8 Å². The first-order chi connectivity index (χ1) is 11.6. The van der Waals surface area contributed by atoms with Gasteiger partial charge in [0.1, 0.15) is 29.4 Å². The number of amides is 1. The van der Waals surface area contributed by atoms with Crippen molar-refractivity contribution in [1.29, 1.82) is 0 Å². The van der Waals surface area contributed by atoms with E-state index in [1.54, 1.807) is 30.3 Å². The lowest BCUT2D eigenvalue weighted by Gasteiger charge is -2.13. The molecule has 0 aliphatic rings. The number of methoxy groups -OCH3 is 2. The van der Waals surface area contributed by atoms with E-state index in [0.29, 0.717) is 41.0 Å².